The van der Waals surface area contributed by atoms with E-state index in [1.165, 1.54) is 64.2 Å². The number of carbonyl (C=O) groups is 2. The summed E-state index contributed by atoms with van der Waals surface area (Å²) in [4.78, 5) is 23.1. The Kier molecular flexibility index (Phi) is 36.7. The number of hydrogen-bond donors (Lipinski definition) is 2. The minimum atomic E-state index is -0.0694. The fourth-order valence-electron chi connectivity index (χ4n) is 1.56. The van der Waals surface area contributed by atoms with E-state index in [9.17, 15) is 0 Å². The van der Waals surface area contributed by atoms with Gasteiger partial charge in [0.05, 0.1) is 0 Å². The summed E-state index contributed by atoms with van der Waals surface area (Å²) in [5, 5.41) is 14.0. The molecule has 0 aliphatic heterocycles. The van der Waals surface area contributed by atoms with Crippen LogP contribution in [0.15, 0.2) is 0 Å². The average molecular weight is 294 g/mol. The van der Waals surface area contributed by atoms with Crippen molar-refractivity contribution < 1.29 is 29.9 Å². The molecule has 0 saturated heterocycles. The van der Waals surface area contributed by atoms with E-state index in [0.29, 0.717) is 0 Å². The molecule has 0 spiro atoms. The van der Waals surface area contributed by atoms with E-state index in [1.54, 1.807) is 0 Å². The number of carbonyl (C=O) groups excluding carboxylic acids is 2. The van der Waals surface area contributed by atoms with Crippen molar-refractivity contribution in [3.05, 3.63) is 0 Å². The minimum absolute atomic E-state index is 0.0694. The Balaban J connectivity index is -0.000000297. The molecule has 0 fully saturated rings. The predicted molar refractivity (Wildman–Crippen MR) is 77.1 cm³/mol. The molecule has 0 aromatic heterocycles. The van der Waals surface area contributed by atoms with Crippen LogP contribution in [0.4, 0.5) is 0 Å². The van der Waals surface area contributed by atoms with Crippen molar-refractivity contribution in [3.63, 3.8) is 0 Å². The lowest BCUT2D eigenvalue weighted by molar-refractivity contribution is -0.217. The highest BCUT2D eigenvalue weighted by molar-refractivity contribution is 5.35. The quantitative estimate of drug-likeness (QED) is 0.257. The molecule has 122 valence electrons. The van der Waals surface area contributed by atoms with Gasteiger partial charge in [-0.2, -0.15) is 0 Å². The van der Waals surface area contributed by atoms with Gasteiger partial charge in [0.1, 0.15) is 0 Å². The Morgan fingerprint density at radius 3 is 1.00 bits per heavy atom. The monoisotopic (exact) mass is 294 g/mol. The highest BCUT2D eigenvalue weighted by Crippen LogP contribution is 2.09. The summed E-state index contributed by atoms with van der Waals surface area (Å²) >= 11 is 0. The SMILES string of the molecule is CCCCCCCCCCCC.O=COO.O=COO. The fourth-order valence-corrected chi connectivity index (χ4v) is 1.56. The van der Waals surface area contributed by atoms with E-state index < -0.39 is 0 Å². The normalized spacial score (nSPS) is 8.40. The van der Waals surface area contributed by atoms with Gasteiger partial charge in [0, 0.05) is 0 Å². The van der Waals surface area contributed by atoms with Crippen LogP contribution in [0.5, 0.6) is 0 Å². The molecule has 0 atom stereocenters. The number of unbranched alkanes of at least 4 members (excludes halogenated alkanes) is 9. The summed E-state index contributed by atoms with van der Waals surface area (Å²) in [5.41, 5.74) is 0. The van der Waals surface area contributed by atoms with Gasteiger partial charge in [0.25, 0.3) is 0 Å². The number of rotatable bonds is 11. The molecule has 0 amide bonds. The van der Waals surface area contributed by atoms with Gasteiger partial charge in [-0.05, 0) is 0 Å². The van der Waals surface area contributed by atoms with Gasteiger partial charge < -0.3 is 9.78 Å². The Morgan fingerprint density at radius 2 is 0.850 bits per heavy atom. The highest BCUT2D eigenvalue weighted by Gasteiger charge is 1.90. The first kappa shape index (κ1) is 23.9. The maximum atomic E-state index is 8.70. The second-order valence-corrected chi connectivity index (χ2v) is 4.23. The molecule has 0 unspecified atom stereocenters. The molecule has 0 aromatic rings. The molecule has 0 aliphatic rings. The van der Waals surface area contributed by atoms with Crippen LogP contribution < -0.4 is 0 Å². The van der Waals surface area contributed by atoms with Gasteiger partial charge in [-0.25, -0.2) is 10.5 Å². The summed E-state index contributed by atoms with van der Waals surface area (Å²) < 4.78 is 0. The van der Waals surface area contributed by atoms with Crippen LogP contribution in [0.1, 0.15) is 78.1 Å². The largest absolute Gasteiger partial charge is 0.330 e. The lowest BCUT2D eigenvalue weighted by Crippen LogP contribution is -1.80. The Labute approximate surface area is 121 Å². The summed E-state index contributed by atoms with van der Waals surface area (Å²) in [6, 6.07) is 0. The molecule has 0 aromatic carbocycles. The first-order valence-electron chi connectivity index (χ1n) is 7.22. The molecule has 6 nitrogen and oxygen atoms in total. The van der Waals surface area contributed by atoms with Crippen molar-refractivity contribution in [3.8, 4) is 0 Å². The van der Waals surface area contributed by atoms with Crippen molar-refractivity contribution in [2.24, 2.45) is 0 Å². The zero-order valence-electron chi connectivity index (χ0n) is 12.8. The highest BCUT2D eigenvalue weighted by atomic mass is 17.1. The van der Waals surface area contributed by atoms with Gasteiger partial charge in [-0.1, -0.05) is 78.1 Å². The second kappa shape index (κ2) is 30.7. The molecule has 0 bridgehead atoms. The van der Waals surface area contributed by atoms with Gasteiger partial charge in [0.2, 0.25) is 0 Å². The van der Waals surface area contributed by atoms with Gasteiger partial charge >= 0.3 is 12.9 Å². The Bertz CT molecular complexity index is 146. The maximum absolute atomic E-state index is 8.70. The minimum Gasteiger partial charge on any atom is -0.304 e. The third-order valence-electron chi connectivity index (χ3n) is 2.54. The summed E-state index contributed by atoms with van der Waals surface area (Å²) in [7, 11) is 0. The molecule has 0 radical (unpaired) electrons. The molecular formula is C14H30O6. The maximum Gasteiger partial charge on any atom is 0.330 e. The van der Waals surface area contributed by atoms with Crippen LogP contribution in [-0.2, 0) is 19.4 Å². The standard InChI is InChI=1S/C12H26.2CH2O3/c1-3-5-7-9-11-12-10-8-6-4-2;2*2-1-4-3/h3-12H2,1-2H3;2*1,3H. The van der Waals surface area contributed by atoms with E-state index in [-0.39, 0.29) is 12.9 Å². The summed E-state index contributed by atoms with van der Waals surface area (Å²) in [6.07, 6.45) is 14.4. The summed E-state index contributed by atoms with van der Waals surface area (Å²) in [5.74, 6) is 0. The van der Waals surface area contributed by atoms with Crippen molar-refractivity contribution >= 4 is 12.9 Å². The smallest absolute Gasteiger partial charge is 0.304 e. The molecule has 20 heavy (non-hydrogen) atoms. The van der Waals surface area contributed by atoms with Gasteiger partial charge in [0.15, 0.2) is 0 Å². The van der Waals surface area contributed by atoms with E-state index in [0.717, 1.165) is 0 Å². The molecule has 0 aliphatic carbocycles. The zero-order chi connectivity index (χ0) is 15.9. The van der Waals surface area contributed by atoms with E-state index in [1.807, 2.05) is 0 Å². The lowest BCUT2D eigenvalue weighted by atomic mass is 10.1. The van der Waals surface area contributed by atoms with Crippen LogP contribution in [-0.4, -0.2) is 23.5 Å². The molecule has 0 heterocycles. The summed E-state index contributed by atoms with van der Waals surface area (Å²) in [6.45, 7) is 4.42. The van der Waals surface area contributed by atoms with Crippen LogP contribution in [0.25, 0.3) is 0 Å². The average Bonchev–Trinajstić information content (AvgIpc) is 2.50. The van der Waals surface area contributed by atoms with E-state index in [2.05, 4.69) is 23.6 Å². The molecule has 2 N–H and O–H groups in total. The molecule has 6 heteroatoms. The van der Waals surface area contributed by atoms with Gasteiger partial charge in [-0.3, -0.25) is 9.59 Å². The molecular weight excluding hydrogens is 264 g/mol. The Morgan fingerprint density at radius 1 is 0.650 bits per heavy atom. The van der Waals surface area contributed by atoms with Crippen LogP contribution in [0, 0.1) is 0 Å². The molecule has 0 rings (SSSR count). The van der Waals surface area contributed by atoms with Crippen LogP contribution in [0.3, 0.4) is 0 Å². The van der Waals surface area contributed by atoms with Crippen molar-refractivity contribution in [2.45, 2.75) is 78.1 Å². The topological polar surface area (TPSA) is 93.1 Å². The van der Waals surface area contributed by atoms with Gasteiger partial charge in [-0.15, -0.1) is 0 Å². The van der Waals surface area contributed by atoms with Crippen molar-refractivity contribution in [1.29, 1.82) is 0 Å². The number of hydrogen-bond acceptors (Lipinski definition) is 6. The van der Waals surface area contributed by atoms with Crippen molar-refractivity contribution in [1.82, 2.24) is 0 Å². The lowest BCUT2D eigenvalue weighted by Gasteiger charge is -1.99. The Hall–Kier alpha value is -1.14. The molecule has 0 saturated carbocycles. The first-order chi connectivity index (χ1) is 9.74. The van der Waals surface area contributed by atoms with Crippen molar-refractivity contribution in [2.75, 3.05) is 0 Å². The zero-order valence-corrected chi connectivity index (χ0v) is 12.8. The predicted octanol–water partition coefficient (Wildman–Crippen LogP) is 4.19. The van der Waals surface area contributed by atoms with Crippen LogP contribution >= 0.6 is 0 Å². The van der Waals surface area contributed by atoms with Crippen LogP contribution in [0.2, 0.25) is 0 Å². The third kappa shape index (κ3) is 43.6. The second-order valence-electron chi connectivity index (χ2n) is 4.23. The van der Waals surface area contributed by atoms with E-state index >= 15 is 0 Å². The first-order valence-corrected chi connectivity index (χ1v) is 7.22. The fraction of sp³-hybridized carbons (Fsp3) is 0.857. The van der Waals surface area contributed by atoms with E-state index in [4.69, 9.17) is 20.1 Å². The third-order valence-corrected chi connectivity index (χ3v) is 2.54.